The minimum absolute atomic E-state index is 0.0387. The number of nitrogens with zero attached hydrogens (tertiary/aromatic N) is 4. The minimum atomic E-state index is -0.0387. The number of carbonyl (C=O) groups excluding carboxylic acids is 1. The summed E-state index contributed by atoms with van der Waals surface area (Å²) in [5.41, 5.74) is 2.19. The maximum Gasteiger partial charge on any atom is 0.189 e. The number of rotatable bonds is 5. The van der Waals surface area contributed by atoms with E-state index in [1.165, 1.54) is 0 Å². The Hall–Kier alpha value is -2.17. The van der Waals surface area contributed by atoms with Crippen LogP contribution in [0.4, 0.5) is 0 Å². The van der Waals surface area contributed by atoms with E-state index in [-0.39, 0.29) is 5.78 Å². The lowest BCUT2D eigenvalue weighted by Gasteiger charge is -1.92. The van der Waals surface area contributed by atoms with Crippen LogP contribution in [0.5, 0.6) is 0 Å². The predicted molar refractivity (Wildman–Crippen MR) is 73.9 cm³/mol. The van der Waals surface area contributed by atoms with Crippen molar-refractivity contribution < 1.29 is 4.79 Å². The molecule has 0 aliphatic heterocycles. The molecule has 2 aromatic heterocycles. The van der Waals surface area contributed by atoms with E-state index in [4.69, 9.17) is 0 Å². The lowest BCUT2D eigenvalue weighted by molar-refractivity contribution is 0.104. The van der Waals surface area contributed by atoms with Crippen molar-refractivity contribution in [3.63, 3.8) is 0 Å². The summed E-state index contributed by atoms with van der Waals surface area (Å²) >= 11 is 0. The van der Waals surface area contributed by atoms with E-state index in [2.05, 4.69) is 10.2 Å². The van der Waals surface area contributed by atoms with Gasteiger partial charge < -0.3 is 0 Å². The van der Waals surface area contributed by atoms with Crippen molar-refractivity contribution in [1.29, 1.82) is 0 Å². The van der Waals surface area contributed by atoms with Gasteiger partial charge in [-0.05, 0) is 39.0 Å². The zero-order chi connectivity index (χ0) is 13.8. The molecule has 100 valence electrons. The van der Waals surface area contributed by atoms with Crippen LogP contribution >= 0.6 is 0 Å². The number of aryl methyl sites for hydroxylation is 3. The Labute approximate surface area is 112 Å². The van der Waals surface area contributed by atoms with Gasteiger partial charge in [-0.2, -0.15) is 10.2 Å². The topological polar surface area (TPSA) is 52.7 Å². The quantitative estimate of drug-likeness (QED) is 0.611. The average molecular weight is 258 g/mol. The summed E-state index contributed by atoms with van der Waals surface area (Å²) in [6.45, 7) is 7.45. The zero-order valence-corrected chi connectivity index (χ0v) is 11.5. The molecule has 2 heterocycles. The molecule has 5 heteroatoms. The Kier molecular flexibility index (Phi) is 3.94. The lowest BCUT2D eigenvalue weighted by Crippen LogP contribution is -1.96. The van der Waals surface area contributed by atoms with Gasteiger partial charge in [-0.25, -0.2) is 0 Å². The highest BCUT2D eigenvalue weighted by Crippen LogP contribution is 2.09. The van der Waals surface area contributed by atoms with Gasteiger partial charge in [0.05, 0.1) is 17.0 Å². The average Bonchev–Trinajstić information content (AvgIpc) is 3.02. The fraction of sp³-hybridized carbons (Fsp3) is 0.357. The fourth-order valence-corrected chi connectivity index (χ4v) is 1.82. The summed E-state index contributed by atoms with van der Waals surface area (Å²) in [7, 11) is 0. The van der Waals surface area contributed by atoms with E-state index in [1.54, 1.807) is 23.0 Å². The molecule has 0 unspecified atom stereocenters. The maximum absolute atomic E-state index is 12.1. The highest BCUT2D eigenvalue weighted by Gasteiger charge is 2.10. The Balaban J connectivity index is 2.13. The van der Waals surface area contributed by atoms with Gasteiger partial charge in [0.2, 0.25) is 0 Å². The van der Waals surface area contributed by atoms with Crippen LogP contribution in [0.2, 0.25) is 0 Å². The van der Waals surface area contributed by atoms with E-state index in [0.717, 1.165) is 24.5 Å². The Bertz CT molecular complexity index is 607. The van der Waals surface area contributed by atoms with Gasteiger partial charge in [-0.15, -0.1) is 0 Å². The first-order chi connectivity index (χ1) is 9.13. The van der Waals surface area contributed by atoms with Gasteiger partial charge in [0, 0.05) is 25.5 Å². The number of carbonyl (C=O) groups is 1. The van der Waals surface area contributed by atoms with Crippen molar-refractivity contribution in [3.8, 4) is 0 Å². The van der Waals surface area contributed by atoms with Gasteiger partial charge in [-0.3, -0.25) is 14.2 Å². The molecule has 0 N–H and O–H groups in total. The van der Waals surface area contributed by atoms with Crippen LogP contribution in [-0.2, 0) is 13.1 Å². The second kappa shape index (κ2) is 5.65. The molecule has 0 aliphatic rings. The maximum atomic E-state index is 12.1. The number of ketones is 1. The molecule has 0 saturated carbocycles. The van der Waals surface area contributed by atoms with E-state index >= 15 is 0 Å². The molecule has 0 atom stereocenters. The molecule has 19 heavy (non-hydrogen) atoms. The monoisotopic (exact) mass is 258 g/mol. The number of hydrogen-bond acceptors (Lipinski definition) is 3. The van der Waals surface area contributed by atoms with Crippen LogP contribution in [0.1, 0.15) is 35.6 Å². The van der Waals surface area contributed by atoms with Crippen LogP contribution in [0, 0.1) is 6.92 Å². The van der Waals surface area contributed by atoms with Crippen molar-refractivity contribution in [1.82, 2.24) is 19.6 Å². The van der Waals surface area contributed by atoms with E-state index in [0.29, 0.717) is 5.56 Å². The van der Waals surface area contributed by atoms with Gasteiger partial charge >= 0.3 is 0 Å². The summed E-state index contributed by atoms with van der Waals surface area (Å²) < 4.78 is 3.59. The summed E-state index contributed by atoms with van der Waals surface area (Å²) in [6, 6.07) is 1.88. The molecular formula is C14H18N4O. The Morgan fingerprint density at radius 3 is 2.58 bits per heavy atom. The van der Waals surface area contributed by atoms with Crippen LogP contribution in [0.15, 0.2) is 24.5 Å². The van der Waals surface area contributed by atoms with Crippen molar-refractivity contribution in [2.45, 2.75) is 33.9 Å². The largest absolute Gasteiger partial charge is 0.289 e. The first kappa shape index (κ1) is 13.3. The normalized spacial score (nSPS) is 11.3. The molecule has 0 aliphatic carbocycles. The summed E-state index contributed by atoms with van der Waals surface area (Å²) in [6.07, 6.45) is 6.96. The first-order valence-electron chi connectivity index (χ1n) is 6.44. The molecule has 0 fully saturated rings. The lowest BCUT2D eigenvalue weighted by atomic mass is 10.1. The van der Waals surface area contributed by atoms with Crippen molar-refractivity contribution >= 4 is 11.9 Å². The molecule has 2 aromatic rings. The van der Waals surface area contributed by atoms with Crippen LogP contribution < -0.4 is 0 Å². The van der Waals surface area contributed by atoms with E-state index in [1.807, 2.05) is 37.7 Å². The van der Waals surface area contributed by atoms with Crippen molar-refractivity contribution in [3.05, 3.63) is 41.5 Å². The third-order valence-corrected chi connectivity index (χ3v) is 2.93. The molecule has 0 bridgehead atoms. The van der Waals surface area contributed by atoms with Gasteiger partial charge in [0.15, 0.2) is 5.78 Å². The Morgan fingerprint density at radius 2 is 2.00 bits per heavy atom. The summed E-state index contributed by atoms with van der Waals surface area (Å²) in [5, 5.41) is 8.56. The third kappa shape index (κ3) is 2.99. The summed E-state index contributed by atoms with van der Waals surface area (Å²) in [4.78, 5) is 12.1. The van der Waals surface area contributed by atoms with E-state index < -0.39 is 0 Å². The van der Waals surface area contributed by atoms with Crippen molar-refractivity contribution in [2.24, 2.45) is 0 Å². The highest BCUT2D eigenvalue weighted by atomic mass is 16.1. The van der Waals surface area contributed by atoms with Gasteiger partial charge in [-0.1, -0.05) is 0 Å². The van der Waals surface area contributed by atoms with Gasteiger partial charge in [0.1, 0.15) is 0 Å². The molecule has 0 saturated heterocycles. The molecular weight excluding hydrogens is 240 g/mol. The molecule has 0 amide bonds. The predicted octanol–water partition coefficient (Wildman–Crippen LogP) is 2.32. The Morgan fingerprint density at radius 1 is 1.26 bits per heavy atom. The van der Waals surface area contributed by atoms with Crippen LogP contribution in [0.25, 0.3) is 6.08 Å². The highest BCUT2D eigenvalue weighted by molar-refractivity contribution is 6.07. The molecule has 0 aromatic carbocycles. The standard InChI is InChI=1S/C14H18N4O/c1-4-17-9-8-12(16-17)6-7-14(19)13-10-18(5-2)15-11(13)3/h6-10H,4-5H2,1-3H3/b7-6+. The number of hydrogen-bond donors (Lipinski definition) is 0. The van der Waals surface area contributed by atoms with Crippen LogP contribution in [0.3, 0.4) is 0 Å². The summed E-state index contributed by atoms with van der Waals surface area (Å²) in [5.74, 6) is -0.0387. The number of allylic oxidation sites excluding steroid dienone is 1. The number of aromatic nitrogens is 4. The molecule has 2 rings (SSSR count). The second-order valence-electron chi connectivity index (χ2n) is 4.28. The first-order valence-corrected chi connectivity index (χ1v) is 6.44. The molecule has 5 nitrogen and oxygen atoms in total. The van der Waals surface area contributed by atoms with Crippen molar-refractivity contribution in [2.75, 3.05) is 0 Å². The minimum Gasteiger partial charge on any atom is -0.289 e. The van der Waals surface area contributed by atoms with Gasteiger partial charge in [0.25, 0.3) is 0 Å². The zero-order valence-electron chi connectivity index (χ0n) is 11.5. The third-order valence-electron chi connectivity index (χ3n) is 2.93. The smallest absolute Gasteiger partial charge is 0.189 e. The molecule has 0 radical (unpaired) electrons. The van der Waals surface area contributed by atoms with Crippen LogP contribution in [-0.4, -0.2) is 25.3 Å². The second-order valence-corrected chi connectivity index (χ2v) is 4.28. The SMILES string of the molecule is CCn1ccc(/C=C/C(=O)c2cn(CC)nc2C)n1. The fourth-order valence-electron chi connectivity index (χ4n) is 1.82. The van der Waals surface area contributed by atoms with E-state index in [9.17, 15) is 4.79 Å². The molecule has 0 spiro atoms.